The van der Waals surface area contributed by atoms with Gasteiger partial charge in [0, 0.05) is 5.69 Å². The van der Waals surface area contributed by atoms with Crippen LogP contribution in [0, 0.1) is 19.3 Å². The lowest BCUT2D eigenvalue weighted by Gasteiger charge is -2.18. The fraction of sp³-hybridized carbons (Fsp3) is 0.318. The summed E-state index contributed by atoms with van der Waals surface area (Å²) in [4.78, 5) is 37.8. The predicted octanol–water partition coefficient (Wildman–Crippen LogP) is 3.84. The number of esters is 1. The Balaban J connectivity index is 1.77. The van der Waals surface area contributed by atoms with Crippen LogP contribution in [-0.4, -0.2) is 24.4 Å². The average Bonchev–Trinajstić information content (AvgIpc) is 3.48. The van der Waals surface area contributed by atoms with Crippen LogP contribution in [0.1, 0.15) is 41.3 Å². The summed E-state index contributed by atoms with van der Waals surface area (Å²) >= 11 is 0. The number of aryl methyl sites for hydroxylation is 1. The maximum atomic E-state index is 12.9. The molecule has 0 atom stereocenters. The fourth-order valence-corrected chi connectivity index (χ4v) is 3.03. The molecule has 1 aliphatic carbocycles. The van der Waals surface area contributed by atoms with Crippen molar-refractivity contribution in [3.8, 4) is 0 Å². The van der Waals surface area contributed by atoms with Crippen molar-refractivity contribution in [3.63, 3.8) is 0 Å². The smallest absolute Gasteiger partial charge is 0.340 e. The second-order valence-electron chi connectivity index (χ2n) is 7.00. The van der Waals surface area contributed by atoms with Crippen LogP contribution in [0.4, 0.5) is 11.4 Å². The number of nitrogens with one attached hydrogen (secondary N) is 2. The number of hydrogen-bond acceptors (Lipinski definition) is 4. The Morgan fingerprint density at radius 3 is 2.18 bits per heavy atom. The molecule has 6 heteroatoms. The predicted molar refractivity (Wildman–Crippen MR) is 107 cm³/mol. The van der Waals surface area contributed by atoms with Gasteiger partial charge < -0.3 is 15.4 Å². The Hall–Kier alpha value is -3.15. The second kappa shape index (κ2) is 7.84. The van der Waals surface area contributed by atoms with Crippen LogP contribution in [0.25, 0.3) is 0 Å². The van der Waals surface area contributed by atoms with Gasteiger partial charge in [0.25, 0.3) is 0 Å². The van der Waals surface area contributed by atoms with E-state index in [2.05, 4.69) is 10.6 Å². The molecule has 0 saturated heterocycles. The third-order valence-corrected chi connectivity index (χ3v) is 5.14. The van der Waals surface area contributed by atoms with E-state index in [1.807, 2.05) is 32.0 Å². The van der Waals surface area contributed by atoms with Gasteiger partial charge in [-0.3, -0.25) is 9.59 Å². The molecule has 0 aromatic heterocycles. The summed E-state index contributed by atoms with van der Waals surface area (Å²) in [5, 5.41) is 5.63. The van der Waals surface area contributed by atoms with Gasteiger partial charge in [0.1, 0.15) is 5.41 Å². The van der Waals surface area contributed by atoms with Gasteiger partial charge >= 0.3 is 5.97 Å². The van der Waals surface area contributed by atoms with E-state index in [9.17, 15) is 14.4 Å². The van der Waals surface area contributed by atoms with E-state index in [1.54, 1.807) is 31.2 Å². The summed E-state index contributed by atoms with van der Waals surface area (Å²) in [6, 6.07) is 12.3. The number of hydrogen-bond donors (Lipinski definition) is 2. The normalized spacial score (nSPS) is 14.1. The first kappa shape index (κ1) is 19.6. The number of ether oxygens (including phenoxy) is 1. The minimum absolute atomic E-state index is 0.239. The van der Waals surface area contributed by atoms with E-state index in [0.29, 0.717) is 24.2 Å². The topological polar surface area (TPSA) is 84.5 Å². The first-order valence-corrected chi connectivity index (χ1v) is 9.34. The summed E-state index contributed by atoms with van der Waals surface area (Å²) in [5.74, 6) is -1.25. The average molecular weight is 380 g/mol. The first-order valence-electron chi connectivity index (χ1n) is 9.34. The molecule has 3 rings (SSSR count). The van der Waals surface area contributed by atoms with Crippen molar-refractivity contribution < 1.29 is 19.1 Å². The monoisotopic (exact) mass is 380 g/mol. The maximum Gasteiger partial charge on any atom is 0.340 e. The SMILES string of the molecule is CCOC(=O)c1ccccc1NC(=O)C1(C(=O)Nc2cccc(C)c2C)CC1. The third-order valence-electron chi connectivity index (χ3n) is 5.14. The molecule has 2 aromatic rings. The molecule has 2 N–H and O–H groups in total. The van der Waals surface area contributed by atoms with E-state index in [-0.39, 0.29) is 18.1 Å². The largest absolute Gasteiger partial charge is 0.462 e. The van der Waals surface area contributed by atoms with Gasteiger partial charge in [-0.05, 0) is 62.9 Å². The van der Waals surface area contributed by atoms with Crippen molar-refractivity contribution in [1.82, 2.24) is 0 Å². The quantitative estimate of drug-likeness (QED) is 0.589. The molecule has 1 fully saturated rings. The minimum atomic E-state index is -1.11. The molecule has 2 amide bonds. The minimum Gasteiger partial charge on any atom is -0.462 e. The number of carbonyl (C=O) groups excluding carboxylic acids is 3. The summed E-state index contributed by atoms with van der Waals surface area (Å²) in [7, 11) is 0. The van der Waals surface area contributed by atoms with Gasteiger partial charge in [0.05, 0.1) is 17.9 Å². The Bertz CT molecular complexity index is 932. The summed E-state index contributed by atoms with van der Waals surface area (Å²) in [6.45, 7) is 5.86. The molecule has 0 heterocycles. The molecule has 0 bridgehead atoms. The number of carbonyl (C=O) groups is 3. The van der Waals surface area contributed by atoms with Crippen molar-refractivity contribution in [2.24, 2.45) is 5.41 Å². The van der Waals surface area contributed by atoms with Gasteiger partial charge in [0.15, 0.2) is 0 Å². The molecule has 0 unspecified atom stereocenters. The standard InChI is InChI=1S/C22H24N2O4/c1-4-28-19(25)16-9-5-6-10-18(16)24-21(27)22(12-13-22)20(26)23-17-11-7-8-14(2)15(17)3/h5-11H,4,12-13H2,1-3H3,(H,23,26)(H,24,27). The van der Waals surface area contributed by atoms with Crippen LogP contribution in [-0.2, 0) is 14.3 Å². The lowest BCUT2D eigenvalue weighted by molar-refractivity contribution is -0.131. The second-order valence-corrected chi connectivity index (χ2v) is 7.00. The number of amides is 2. The molecule has 1 aliphatic rings. The summed E-state index contributed by atoms with van der Waals surface area (Å²) < 4.78 is 5.03. The van der Waals surface area contributed by atoms with Crippen LogP contribution in [0.2, 0.25) is 0 Å². The zero-order valence-electron chi connectivity index (χ0n) is 16.3. The fourth-order valence-electron chi connectivity index (χ4n) is 3.03. The molecule has 0 spiro atoms. The van der Waals surface area contributed by atoms with E-state index in [4.69, 9.17) is 4.74 Å². The molecule has 6 nitrogen and oxygen atoms in total. The van der Waals surface area contributed by atoms with Crippen LogP contribution in [0.5, 0.6) is 0 Å². The number of benzene rings is 2. The van der Waals surface area contributed by atoms with Crippen molar-refractivity contribution in [2.45, 2.75) is 33.6 Å². The van der Waals surface area contributed by atoms with Crippen LogP contribution in [0.15, 0.2) is 42.5 Å². The number of rotatable bonds is 6. The molecule has 28 heavy (non-hydrogen) atoms. The van der Waals surface area contributed by atoms with Crippen LogP contribution < -0.4 is 10.6 Å². The van der Waals surface area contributed by atoms with Gasteiger partial charge in [0.2, 0.25) is 11.8 Å². The van der Waals surface area contributed by atoms with Crippen LogP contribution in [0.3, 0.4) is 0 Å². The summed E-state index contributed by atoms with van der Waals surface area (Å²) in [6.07, 6.45) is 0.939. The van der Waals surface area contributed by atoms with Crippen molar-refractivity contribution in [3.05, 3.63) is 59.2 Å². The highest BCUT2D eigenvalue weighted by Gasteiger charge is 2.56. The molecule has 0 radical (unpaired) electrons. The van der Waals surface area contributed by atoms with Gasteiger partial charge in [-0.25, -0.2) is 4.79 Å². The Labute approximate surface area is 164 Å². The van der Waals surface area contributed by atoms with E-state index in [0.717, 1.165) is 11.1 Å². The van der Waals surface area contributed by atoms with Crippen molar-refractivity contribution in [1.29, 1.82) is 0 Å². The van der Waals surface area contributed by atoms with Gasteiger partial charge in [-0.15, -0.1) is 0 Å². The highest BCUT2D eigenvalue weighted by Crippen LogP contribution is 2.47. The number of anilines is 2. The first-order chi connectivity index (χ1) is 13.4. The lowest BCUT2D eigenvalue weighted by Crippen LogP contribution is -2.36. The Kier molecular flexibility index (Phi) is 5.49. The zero-order valence-corrected chi connectivity index (χ0v) is 16.3. The van der Waals surface area contributed by atoms with Crippen molar-refractivity contribution in [2.75, 3.05) is 17.2 Å². The van der Waals surface area contributed by atoms with Gasteiger partial charge in [-0.2, -0.15) is 0 Å². The molecule has 1 saturated carbocycles. The molecule has 2 aromatic carbocycles. The van der Waals surface area contributed by atoms with Crippen molar-refractivity contribution >= 4 is 29.2 Å². The Morgan fingerprint density at radius 1 is 0.929 bits per heavy atom. The Morgan fingerprint density at radius 2 is 1.54 bits per heavy atom. The molecular weight excluding hydrogens is 356 g/mol. The maximum absolute atomic E-state index is 12.9. The van der Waals surface area contributed by atoms with E-state index in [1.165, 1.54) is 0 Å². The lowest BCUT2D eigenvalue weighted by atomic mass is 10.0. The summed E-state index contributed by atoms with van der Waals surface area (Å²) in [5.41, 5.74) is 2.24. The van der Waals surface area contributed by atoms with E-state index < -0.39 is 17.3 Å². The van der Waals surface area contributed by atoms with E-state index >= 15 is 0 Å². The third kappa shape index (κ3) is 3.76. The molecular formula is C22H24N2O4. The number of para-hydroxylation sites is 1. The highest BCUT2D eigenvalue weighted by molar-refractivity contribution is 6.18. The zero-order chi connectivity index (χ0) is 20.3. The molecule has 0 aliphatic heterocycles. The molecule has 146 valence electrons. The highest BCUT2D eigenvalue weighted by atomic mass is 16.5. The van der Waals surface area contributed by atoms with Gasteiger partial charge in [-0.1, -0.05) is 24.3 Å². The van der Waals surface area contributed by atoms with Crippen LogP contribution >= 0.6 is 0 Å².